The number of urea groups is 1. The summed E-state index contributed by atoms with van der Waals surface area (Å²) in [4.78, 5) is 28.4. The van der Waals surface area contributed by atoms with Crippen LogP contribution in [0.3, 0.4) is 0 Å². The number of hydrogen-bond acceptors (Lipinski definition) is 5. The van der Waals surface area contributed by atoms with E-state index in [9.17, 15) is 9.59 Å². The SMILES string of the molecule is COC(=O)C(C)(C)CNC(=O)Nc1cccc(/C=C/c2nc3ccccc3s2)c1. The molecular formula is C22H23N3O3S. The Balaban J connectivity index is 1.61. The fourth-order valence-electron chi connectivity index (χ4n) is 2.67. The van der Waals surface area contributed by atoms with Crippen LogP contribution in [0.2, 0.25) is 0 Å². The smallest absolute Gasteiger partial charge is 0.319 e. The molecule has 0 spiro atoms. The van der Waals surface area contributed by atoms with Gasteiger partial charge in [-0.1, -0.05) is 30.3 Å². The molecule has 2 aromatic carbocycles. The van der Waals surface area contributed by atoms with Crippen LogP contribution in [0.1, 0.15) is 24.4 Å². The first-order chi connectivity index (χ1) is 13.9. The van der Waals surface area contributed by atoms with Gasteiger partial charge in [-0.3, -0.25) is 4.79 Å². The average Bonchev–Trinajstić information content (AvgIpc) is 3.13. The lowest BCUT2D eigenvalue weighted by Gasteiger charge is -2.21. The summed E-state index contributed by atoms with van der Waals surface area (Å²) < 4.78 is 5.89. The zero-order valence-corrected chi connectivity index (χ0v) is 17.4. The number of methoxy groups -OCH3 is 1. The number of nitrogens with zero attached hydrogens (tertiary/aromatic N) is 1. The zero-order valence-electron chi connectivity index (χ0n) is 16.6. The summed E-state index contributed by atoms with van der Waals surface area (Å²) in [5.74, 6) is -0.375. The highest BCUT2D eigenvalue weighted by Gasteiger charge is 2.29. The monoisotopic (exact) mass is 409 g/mol. The third kappa shape index (κ3) is 5.42. The second-order valence-electron chi connectivity index (χ2n) is 7.16. The fraction of sp³-hybridized carbons (Fsp3) is 0.227. The molecule has 0 fully saturated rings. The highest BCUT2D eigenvalue weighted by atomic mass is 32.1. The first-order valence-corrected chi connectivity index (χ1v) is 9.96. The molecule has 0 unspecified atom stereocenters. The standard InChI is InChI=1S/C22H23N3O3S/c1-22(2,20(26)28-3)14-23-21(27)24-16-8-6-7-15(13-16)11-12-19-25-17-9-4-5-10-18(17)29-19/h4-13H,14H2,1-3H3,(H2,23,24,27)/b12-11+. The van der Waals surface area contributed by atoms with Gasteiger partial charge < -0.3 is 15.4 Å². The number of rotatable bonds is 6. The molecule has 0 saturated heterocycles. The van der Waals surface area contributed by atoms with Gasteiger partial charge in [-0.2, -0.15) is 0 Å². The van der Waals surface area contributed by atoms with Crippen LogP contribution in [0.15, 0.2) is 48.5 Å². The van der Waals surface area contributed by atoms with Crippen molar-refractivity contribution in [2.45, 2.75) is 13.8 Å². The van der Waals surface area contributed by atoms with Crippen LogP contribution in [0.25, 0.3) is 22.4 Å². The second-order valence-corrected chi connectivity index (χ2v) is 8.22. The predicted molar refractivity (Wildman–Crippen MR) is 118 cm³/mol. The number of amides is 2. The Hall–Kier alpha value is -3.19. The number of nitrogens with one attached hydrogen (secondary N) is 2. The number of hydrogen-bond donors (Lipinski definition) is 2. The molecule has 0 aliphatic rings. The van der Waals surface area contributed by atoms with Crippen molar-refractivity contribution in [2.75, 3.05) is 19.0 Å². The molecule has 0 atom stereocenters. The summed E-state index contributed by atoms with van der Waals surface area (Å²) in [7, 11) is 1.33. The van der Waals surface area contributed by atoms with Crippen LogP contribution in [0, 0.1) is 5.41 Å². The molecule has 1 aromatic heterocycles. The summed E-state index contributed by atoms with van der Waals surface area (Å²) in [5, 5.41) is 6.41. The predicted octanol–water partition coefficient (Wildman–Crippen LogP) is 4.79. The van der Waals surface area contributed by atoms with E-state index in [1.165, 1.54) is 7.11 Å². The first kappa shape index (κ1) is 20.5. The Bertz CT molecular complexity index is 1020. The van der Waals surface area contributed by atoms with Gasteiger partial charge in [0.25, 0.3) is 0 Å². The van der Waals surface area contributed by atoms with Gasteiger partial charge >= 0.3 is 12.0 Å². The minimum atomic E-state index is -0.798. The number of aromatic nitrogens is 1. The number of fused-ring (bicyclic) bond motifs is 1. The van der Waals surface area contributed by atoms with E-state index < -0.39 is 5.41 Å². The third-order valence-electron chi connectivity index (χ3n) is 4.30. The maximum Gasteiger partial charge on any atom is 0.319 e. The van der Waals surface area contributed by atoms with E-state index in [4.69, 9.17) is 4.74 Å². The molecule has 3 rings (SSSR count). The minimum absolute atomic E-state index is 0.169. The molecule has 6 nitrogen and oxygen atoms in total. The van der Waals surface area contributed by atoms with Crippen molar-refractivity contribution in [1.29, 1.82) is 0 Å². The van der Waals surface area contributed by atoms with Gasteiger partial charge in [0.15, 0.2) is 0 Å². The molecule has 29 heavy (non-hydrogen) atoms. The molecule has 0 aliphatic heterocycles. The van der Waals surface area contributed by atoms with Crippen LogP contribution >= 0.6 is 11.3 Å². The average molecular weight is 410 g/mol. The Morgan fingerprint density at radius 2 is 1.93 bits per heavy atom. The van der Waals surface area contributed by atoms with Crippen LogP contribution < -0.4 is 10.6 Å². The van der Waals surface area contributed by atoms with Crippen LogP contribution in [0.5, 0.6) is 0 Å². The van der Waals surface area contributed by atoms with Gasteiger partial charge in [-0.25, -0.2) is 9.78 Å². The van der Waals surface area contributed by atoms with E-state index in [1.54, 1.807) is 31.3 Å². The minimum Gasteiger partial charge on any atom is -0.469 e. The van der Waals surface area contributed by atoms with E-state index in [2.05, 4.69) is 21.7 Å². The van der Waals surface area contributed by atoms with Crippen LogP contribution in [-0.4, -0.2) is 30.6 Å². The number of esters is 1. The van der Waals surface area contributed by atoms with Crippen molar-refractivity contribution in [1.82, 2.24) is 10.3 Å². The third-order valence-corrected chi connectivity index (χ3v) is 5.30. The molecule has 7 heteroatoms. The van der Waals surface area contributed by atoms with Crippen molar-refractivity contribution in [3.8, 4) is 0 Å². The Labute approximate surface area is 173 Å². The number of anilines is 1. The van der Waals surface area contributed by atoms with Gasteiger partial charge in [-0.15, -0.1) is 11.3 Å². The summed E-state index contributed by atoms with van der Waals surface area (Å²) in [6, 6.07) is 15.1. The largest absolute Gasteiger partial charge is 0.469 e. The van der Waals surface area contributed by atoms with Crippen molar-refractivity contribution in [3.63, 3.8) is 0 Å². The molecule has 2 N–H and O–H groups in total. The number of thiazole rings is 1. The molecule has 0 radical (unpaired) electrons. The first-order valence-electron chi connectivity index (χ1n) is 9.14. The molecular weight excluding hydrogens is 386 g/mol. The number of para-hydroxylation sites is 1. The lowest BCUT2D eigenvalue weighted by molar-refractivity contribution is -0.150. The maximum absolute atomic E-state index is 12.2. The summed E-state index contributed by atoms with van der Waals surface area (Å²) in [6.45, 7) is 3.60. The molecule has 3 aromatic rings. The number of ether oxygens (including phenoxy) is 1. The maximum atomic E-state index is 12.2. The molecule has 0 bridgehead atoms. The molecule has 150 valence electrons. The summed E-state index contributed by atoms with van der Waals surface area (Å²) in [5.41, 5.74) is 1.79. The van der Waals surface area contributed by atoms with Gasteiger partial charge in [-0.05, 0) is 49.8 Å². The van der Waals surface area contributed by atoms with E-state index >= 15 is 0 Å². The van der Waals surface area contributed by atoms with Crippen molar-refractivity contribution in [3.05, 3.63) is 59.1 Å². The van der Waals surface area contributed by atoms with E-state index in [0.29, 0.717) is 5.69 Å². The van der Waals surface area contributed by atoms with Gasteiger partial charge in [0.1, 0.15) is 5.01 Å². The van der Waals surface area contributed by atoms with Crippen molar-refractivity contribution >= 4 is 51.4 Å². The molecule has 2 amide bonds. The fourth-order valence-corrected chi connectivity index (χ4v) is 3.54. The lowest BCUT2D eigenvalue weighted by atomic mass is 9.94. The van der Waals surface area contributed by atoms with Crippen LogP contribution in [-0.2, 0) is 9.53 Å². The molecule has 0 aliphatic carbocycles. The van der Waals surface area contributed by atoms with E-state index in [1.807, 2.05) is 48.6 Å². The van der Waals surface area contributed by atoms with Gasteiger partial charge in [0, 0.05) is 12.2 Å². The number of carbonyl (C=O) groups is 2. The zero-order chi connectivity index (χ0) is 20.9. The second kappa shape index (κ2) is 8.87. The van der Waals surface area contributed by atoms with Gasteiger partial charge in [0.05, 0.1) is 22.7 Å². The Kier molecular flexibility index (Phi) is 6.29. The Morgan fingerprint density at radius 1 is 1.14 bits per heavy atom. The van der Waals surface area contributed by atoms with Crippen molar-refractivity contribution in [2.24, 2.45) is 5.41 Å². The summed E-state index contributed by atoms with van der Waals surface area (Å²) >= 11 is 1.63. The summed E-state index contributed by atoms with van der Waals surface area (Å²) in [6.07, 6.45) is 3.92. The van der Waals surface area contributed by atoms with Crippen molar-refractivity contribution < 1.29 is 14.3 Å². The Morgan fingerprint density at radius 3 is 2.69 bits per heavy atom. The topological polar surface area (TPSA) is 80.3 Å². The normalized spacial score (nSPS) is 11.6. The van der Waals surface area contributed by atoms with Gasteiger partial charge in [0.2, 0.25) is 0 Å². The van der Waals surface area contributed by atoms with Crippen LogP contribution in [0.4, 0.5) is 10.5 Å². The highest BCUT2D eigenvalue weighted by molar-refractivity contribution is 7.19. The van der Waals surface area contributed by atoms with E-state index in [0.717, 1.165) is 20.8 Å². The van der Waals surface area contributed by atoms with E-state index in [-0.39, 0.29) is 18.5 Å². The number of carbonyl (C=O) groups excluding carboxylic acids is 2. The lowest BCUT2D eigenvalue weighted by Crippen LogP contribution is -2.41. The quantitative estimate of drug-likeness (QED) is 0.574. The highest BCUT2D eigenvalue weighted by Crippen LogP contribution is 2.23. The molecule has 0 saturated carbocycles. The number of benzene rings is 2. The molecule has 1 heterocycles.